The van der Waals surface area contributed by atoms with Crippen LogP contribution < -0.4 is 15.4 Å². The van der Waals surface area contributed by atoms with Crippen molar-refractivity contribution in [2.75, 3.05) is 11.9 Å². The van der Waals surface area contributed by atoms with Crippen molar-refractivity contribution >= 4 is 17.5 Å². The molecule has 2 aromatic rings. The number of hydrogen-bond donors (Lipinski definition) is 2. The highest BCUT2D eigenvalue weighted by Gasteiger charge is 2.29. The Bertz CT molecular complexity index is 727. The van der Waals surface area contributed by atoms with Crippen LogP contribution >= 0.6 is 0 Å². The second kappa shape index (κ2) is 7.79. The SMILES string of the molecule is C[C@@H](NC(=O)COc1ccc(NC(=O)C2CC2)cn1)c1ccccc1. The summed E-state index contributed by atoms with van der Waals surface area (Å²) in [6, 6.07) is 13.0. The minimum atomic E-state index is -0.218. The molecule has 130 valence electrons. The predicted octanol–water partition coefficient (Wildman–Crippen LogP) is 2.69. The molecule has 0 bridgehead atoms. The Hall–Kier alpha value is -2.89. The fraction of sp³-hybridized carbons (Fsp3) is 0.316. The molecule has 1 aromatic carbocycles. The van der Waals surface area contributed by atoms with Crippen LogP contribution in [0.25, 0.3) is 0 Å². The lowest BCUT2D eigenvalue weighted by Crippen LogP contribution is -2.31. The number of nitrogens with zero attached hydrogens (tertiary/aromatic N) is 1. The van der Waals surface area contributed by atoms with Crippen molar-refractivity contribution in [3.8, 4) is 5.88 Å². The second-order valence-corrected chi connectivity index (χ2v) is 6.14. The number of carbonyl (C=O) groups excluding carboxylic acids is 2. The summed E-state index contributed by atoms with van der Waals surface area (Å²) in [6.45, 7) is 1.81. The van der Waals surface area contributed by atoms with E-state index in [0.717, 1.165) is 18.4 Å². The first-order chi connectivity index (χ1) is 12.1. The van der Waals surface area contributed by atoms with Gasteiger partial charge < -0.3 is 15.4 Å². The first kappa shape index (κ1) is 17.0. The van der Waals surface area contributed by atoms with Crippen molar-refractivity contribution in [3.05, 3.63) is 54.2 Å². The van der Waals surface area contributed by atoms with Crippen molar-refractivity contribution in [2.45, 2.75) is 25.8 Å². The maximum Gasteiger partial charge on any atom is 0.258 e. The Labute approximate surface area is 146 Å². The quantitative estimate of drug-likeness (QED) is 0.813. The van der Waals surface area contributed by atoms with Gasteiger partial charge >= 0.3 is 0 Å². The van der Waals surface area contributed by atoms with Crippen molar-refractivity contribution < 1.29 is 14.3 Å². The number of ether oxygens (including phenoxy) is 1. The highest BCUT2D eigenvalue weighted by atomic mass is 16.5. The number of rotatable bonds is 7. The molecule has 3 rings (SSSR count). The van der Waals surface area contributed by atoms with Crippen molar-refractivity contribution in [3.63, 3.8) is 0 Å². The molecule has 1 aromatic heterocycles. The van der Waals surface area contributed by atoms with Crippen LogP contribution in [0.4, 0.5) is 5.69 Å². The average molecular weight is 339 g/mol. The van der Waals surface area contributed by atoms with E-state index in [1.807, 2.05) is 37.3 Å². The van der Waals surface area contributed by atoms with Crippen LogP contribution in [0.3, 0.4) is 0 Å². The van der Waals surface area contributed by atoms with Crippen molar-refractivity contribution in [1.82, 2.24) is 10.3 Å². The molecule has 6 nitrogen and oxygen atoms in total. The Morgan fingerprint density at radius 3 is 2.60 bits per heavy atom. The number of carbonyl (C=O) groups is 2. The van der Waals surface area contributed by atoms with Crippen LogP contribution in [0.5, 0.6) is 5.88 Å². The molecule has 1 aliphatic rings. The Balaban J connectivity index is 1.44. The molecule has 0 aliphatic heterocycles. The maximum atomic E-state index is 12.0. The van der Waals surface area contributed by atoms with E-state index in [1.165, 1.54) is 6.20 Å². The summed E-state index contributed by atoms with van der Waals surface area (Å²) in [5.41, 5.74) is 1.66. The summed E-state index contributed by atoms with van der Waals surface area (Å²) in [6.07, 6.45) is 3.44. The van der Waals surface area contributed by atoms with Gasteiger partial charge in [-0.3, -0.25) is 9.59 Å². The first-order valence-corrected chi connectivity index (χ1v) is 8.36. The van der Waals surface area contributed by atoms with E-state index in [4.69, 9.17) is 4.74 Å². The van der Waals surface area contributed by atoms with E-state index >= 15 is 0 Å². The summed E-state index contributed by atoms with van der Waals surface area (Å²) in [7, 11) is 0. The minimum Gasteiger partial charge on any atom is -0.468 e. The standard InChI is InChI=1S/C19H21N3O3/c1-13(14-5-3-2-4-6-14)21-17(23)12-25-18-10-9-16(11-20-18)22-19(24)15-7-8-15/h2-6,9-11,13,15H,7-8,12H2,1H3,(H,21,23)(H,22,24)/t13-/m1/s1. The predicted molar refractivity (Wildman–Crippen MR) is 94.1 cm³/mol. The van der Waals surface area contributed by atoms with Gasteiger partial charge in [-0.15, -0.1) is 0 Å². The molecule has 0 unspecified atom stereocenters. The monoisotopic (exact) mass is 339 g/mol. The summed E-state index contributed by atoms with van der Waals surface area (Å²) < 4.78 is 5.39. The van der Waals surface area contributed by atoms with Crippen LogP contribution in [0.2, 0.25) is 0 Å². The van der Waals surface area contributed by atoms with Gasteiger partial charge in [0.1, 0.15) is 0 Å². The molecule has 2 N–H and O–H groups in total. The second-order valence-electron chi connectivity index (χ2n) is 6.14. The van der Waals surface area contributed by atoms with Crippen LogP contribution in [0.15, 0.2) is 48.7 Å². The molecular formula is C19H21N3O3. The molecule has 1 atom stereocenters. The molecule has 0 radical (unpaired) electrons. The molecular weight excluding hydrogens is 318 g/mol. The Morgan fingerprint density at radius 2 is 1.96 bits per heavy atom. The lowest BCUT2D eigenvalue weighted by molar-refractivity contribution is -0.123. The highest BCUT2D eigenvalue weighted by Crippen LogP contribution is 2.30. The molecule has 25 heavy (non-hydrogen) atoms. The van der Waals surface area contributed by atoms with Gasteiger partial charge in [-0.25, -0.2) is 4.98 Å². The number of amides is 2. The van der Waals surface area contributed by atoms with Gasteiger partial charge in [0.15, 0.2) is 6.61 Å². The van der Waals surface area contributed by atoms with Crippen LogP contribution in [-0.2, 0) is 9.59 Å². The van der Waals surface area contributed by atoms with Crippen LogP contribution in [0, 0.1) is 5.92 Å². The Morgan fingerprint density at radius 1 is 1.20 bits per heavy atom. The zero-order chi connectivity index (χ0) is 17.6. The Kier molecular flexibility index (Phi) is 5.28. The van der Waals surface area contributed by atoms with Gasteiger partial charge in [0.25, 0.3) is 5.91 Å². The van der Waals surface area contributed by atoms with E-state index in [2.05, 4.69) is 15.6 Å². The smallest absolute Gasteiger partial charge is 0.258 e. The average Bonchev–Trinajstić information content (AvgIpc) is 3.47. The number of anilines is 1. The third-order valence-corrected chi connectivity index (χ3v) is 3.98. The van der Waals surface area contributed by atoms with Gasteiger partial charge in [0.2, 0.25) is 11.8 Å². The molecule has 1 saturated carbocycles. The molecule has 1 aliphatic carbocycles. The molecule has 0 saturated heterocycles. The normalized spacial score (nSPS) is 14.4. The minimum absolute atomic E-state index is 0.0322. The largest absolute Gasteiger partial charge is 0.468 e. The fourth-order valence-corrected chi connectivity index (χ4v) is 2.38. The molecule has 1 fully saturated rings. The first-order valence-electron chi connectivity index (χ1n) is 8.36. The van der Waals surface area contributed by atoms with E-state index in [-0.39, 0.29) is 30.4 Å². The number of pyridine rings is 1. The van der Waals surface area contributed by atoms with Gasteiger partial charge in [0, 0.05) is 12.0 Å². The maximum absolute atomic E-state index is 12.0. The van der Waals surface area contributed by atoms with Crippen molar-refractivity contribution in [2.24, 2.45) is 5.92 Å². The fourth-order valence-electron chi connectivity index (χ4n) is 2.38. The number of benzene rings is 1. The molecule has 1 heterocycles. The lowest BCUT2D eigenvalue weighted by Gasteiger charge is -2.14. The van der Waals surface area contributed by atoms with Crippen LogP contribution in [0.1, 0.15) is 31.4 Å². The van der Waals surface area contributed by atoms with Gasteiger partial charge in [-0.2, -0.15) is 0 Å². The molecule has 2 amide bonds. The summed E-state index contributed by atoms with van der Waals surface area (Å²) in [4.78, 5) is 27.7. The number of nitrogens with one attached hydrogen (secondary N) is 2. The third-order valence-electron chi connectivity index (χ3n) is 3.98. The summed E-state index contributed by atoms with van der Waals surface area (Å²) in [5, 5.41) is 5.68. The van der Waals surface area contributed by atoms with Gasteiger partial charge in [-0.05, 0) is 31.4 Å². The van der Waals surface area contributed by atoms with Gasteiger partial charge in [-0.1, -0.05) is 30.3 Å². The zero-order valence-corrected chi connectivity index (χ0v) is 14.1. The topological polar surface area (TPSA) is 80.3 Å². The third kappa shape index (κ3) is 5.04. The van der Waals surface area contributed by atoms with Gasteiger partial charge in [0.05, 0.1) is 17.9 Å². The number of aromatic nitrogens is 1. The van der Waals surface area contributed by atoms with E-state index in [0.29, 0.717) is 11.6 Å². The lowest BCUT2D eigenvalue weighted by atomic mass is 10.1. The highest BCUT2D eigenvalue weighted by molar-refractivity contribution is 5.93. The van der Waals surface area contributed by atoms with Crippen LogP contribution in [-0.4, -0.2) is 23.4 Å². The zero-order valence-electron chi connectivity index (χ0n) is 14.1. The summed E-state index contributed by atoms with van der Waals surface area (Å²) in [5.74, 6) is 0.298. The van der Waals surface area contributed by atoms with E-state index in [1.54, 1.807) is 12.1 Å². The van der Waals surface area contributed by atoms with E-state index in [9.17, 15) is 9.59 Å². The molecule has 0 spiro atoms. The number of hydrogen-bond acceptors (Lipinski definition) is 4. The molecule has 6 heteroatoms. The van der Waals surface area contributed by atoms with Crippen molar-refractivity contribution in [1.29, 1.82) is 0 Å². The van der Waals surface area contributed by atoms with E-state index < -0.39 is 0 Å². The summed E-state index contributed by atoms with van der Waals surface area (Å²) >= 11 is 0.